The van der Waals surface area contributed by atoms with Gasteiger partial charge in [-0.25, -0.2) is 0 Å². The highest BCUT2D eigenvalue weighted by molar-refractivity contribution is 9.09. The van der Waals surface area contributed by atoms with E-state index in [2.05, 4.69) is 43.6 Å². The van der Waals surface area contributed by atoms with E-state index in [1.807, 2.05) is 0 Å². The highest BCUT2D eigenvalue weighted by Gasteiger charge is 2.10. The van der Waals surface area contributed by atoms with Crippen molar-refractivity contribution >= 4 is 15.9 Å². The van der Waals surface area contributed by atoms with Gasteiger partial charge < -0.3 is 0 Å². The molecule has 2 unspecified atom stereocenters. The minimum atomic E-state index is 0.723. The smallest absolute Gasteiger partial charge is 0.0168 e. The van der Waals surface area contributed by atoms with Crippen LogP contribution >= 0.6 is 15.9 Å². The zero-order valence-electron chi connectivity index (χ0n) is 11.1. The van der Waals surface area contributed by atoms with Crippen molar-refractivity contribution in [3.63, 3.8) is 0 Å². The molecular formula is C14H29Br. The van der Waals surface area contributed by atoms with Gasteiger partial charge in [-0.05, 0) is 18.3 Å². The molecule has 92 valence electrons. The normalized spacial score (nSPS) is 15.6. The first-order chi connectivity index (χ1) is 7.11. The van der Waals surface area contributed by atoms with Crippen molar-refractivity contribution in [2.75, 3.05) is 0 Å². The van der Waals surface area contributed by atoms with Crippen molar-refractivity contribution in [3.05, 3.63) is 0 Å². The Morgan fingerprint density at radius 1 is 0.933 bits per heavy atom. The topological polar surface area (TPSA) is 0 Å². The molecule has 0 rings (SSSR count). The fourth-order valence-corrected chi connectivity index (χ4v) is 2.30. The van der Waals surface area contributed by atoms with Crippen LogP contribution in [0.5, 0.6) is 0 Å². The summed E-state index contributed by atoms with van der Waals surface area (Å²) in [6.45, 7) is 9.23. The second-order valence-corrected chi connectivity index (χ2v) is 6.28. The molecular weight excluding hydrogens is 248 g/mol. The highest BCUT2D eigenvalue weighted by Crippen LogP contribution is 2.23. The molecule has 0 heterocycles. The lowest BCUT2D eigenvalue weighted by molar-refractivity contribution is 0.397. The van der Waals surface area contributed by atoms with E-state index < -0.39 is 0 Å². The van der Waals surface area contributed by atoms with Crippen LogP contribution in [0.25, 0.3) is 0 Å². The number of alkyl halides is 1. The average molecular weight is 277 g/mol. The quantitative estimate of drug-likeness (QED) is 0.468. The molecule has 0 aromatic rings. The Bertz CT molecular complexity index is 131. The number of halogens is 1. The Kier molecular flexibility index (Phi) is 10.00. The molecule has 0 aliphatic carbocycles. The van der Waals surface area contributed by atoms with Crippen LogP contribution in [0.15, 0.2) is 0 Å². The van der Waals surface area contributed by atoms with Crippen molar-refractivity contribution in [3.8, 4) is 0 Å². The number of hydrogen-bond donors (Lipinski definition) is 0. The lowest BCUT2D eigenvalue weighted by Gasteiger charge is -2.17. The molecule has 0 nitrogen and oxygen atoms in total. The number of unbranched alkanes of at least 4 members (excludes halogenated alkanes) is 1. The minimum Gasteiger partial charge on any atom is -0.0888 e. The van der Waals surface area contributed by atoms with Gasteiger partial charge in [-0.1, -0.05) is 82.1 Å². The van der Waals surface area contributed by atoms with Gasteiger partial charge >= 0.3 is 0 Å². The van der Waals surface area contributed by atoms with Gasteiger partial charge in [0, 0.05) is 4.83 Å². The summed E-state index contributed by atoms with van der Waals surface area (Å²) in [5.41, 5.74) is 0. The minimum absolute atomic E-state index is 0.723. The maximum Gasteiger partial charge on any atom is 0.0168 e. The Balaban J connectivity index is 3.53. The fraction of sp³-hybridized carbons (Fsp3) is 1.00. The van der Waals surface area contributed by atoms with E-state index >= 15 is 0 Å². The number of hydrogen-bond acceptors (Lipinski definition) is 0. The van der Waals surface area contributed by atoms with Crippen LogP contribution in [0.1, 0.15) is 72.6 Å². The van der Waals surface area contributed by atoms with Gasteiger partial charge in [-0.2, -0.15) is 0 Å². The van der Waals surface area contributed by atoms with Crippen LogP contribution in [0, 0.1) is 11.8 Å². The summed E-state index contributed by atoms with van der Waals surface area (Å²) in [4.78, 5) is 0.723. The monoisotopic (exact) mass is 276 g/mol. The van der Waals surface area contributed by atoms with Gasteiger partial charge in [0.15, 0.2) is 0 Å². The summed E-state index contributed by atoms with van der Waals surface area (Å²) in [6, 6.07) is 0. The lowest BCUT2D eigenvalue weighted by atomic mass is 9.92. The molecule has 0 fully saturated rings. The van der Waals surface area contributed by atoms with Gasteiger partial charge in [0.1, 0.15) is 0 Å². The third-order valence-corrected chi connectivity index (χ3v) is 4.87. The van der Waals surface area contributed by atoms with Gasteiger partial charge in [-0.3, -0.25) is 0 Å². The second-order valence-electron chi connectivity index (χ2n) is 5.11. The van der Waals surface area contributed by atoms with Gasteiger partial charge in [0.05, 0.1) is 0 Å². The molecule has 0 amide bonds. The molecule has 1 heteroatoms. The first-order valence-corrected chi connectivity index (χ1v) is 7.67. The summed E-state index contributed by atoms with van der Waals surface area (Å²) < 4.78 is 0. The van der Waals surface area contributed by atoms with Crippen LogP contribution in [0.2, 0.25) is 0 Å². The van der Waals surface area contributed by atoms with Crippen molar-refractivity contribution in [2.45, 2.75) is 77.5 Å². The van der Waals surface area contributed by atoms with Crippen molar-refractivity contribution < 1.29 is 0 Å². The maximum absolute atomic E-state index is 3.77. The highest BCUT2D eigenvalue weighted by atomic mass is 79.9. The predicted molar refractivity (Wildman–Crippen MR) is 74.7 cm³/mol. The SMILES string of the molecule is CCCCC(CC)CCCC(Br)C(C)C. The first-order valence-electron chi connectivity index (χ1n) is 6.75. The van der Waals surface area contributed by atoms with Crippen LogP contribution in [0.4, 0.5) is 0 Å². The third kappa shape index (κ3) is 8.30. The Labute approximate surface area is 105 Å². The molecule has 0 aromatic carbocycles. The van der Waals surface area contributed by atoms with Gasteiger partial charge in [0.25, 0.3) is 0 Å². The average Bonchev–Trinajstić information content (AvgIpc) is 2.22. The van der Waals surface area contributed by atoms with Gasteiger partial charge in [0.2, 0.25) is 0 Å². The van der Waals surface area contributed by atoms with Crippen molar-refractivity contribution in [1.29, 1.82) is 0 Å². The summed E-state index contributed by atoms with van der Waals surface area (Å²) in [5, 5.41) is 0. The fourth-order valence-electron chi connectivity index (χ4n) is 1.98. The summed E-state index contributed by atoms with van der Waals surface area (Å²) in [5.74, 6) is 1.76. The van der Waals surface area contributed by atoms with E-state index in [1.54, 1.807) is 0 Å². The van der Waals surface area contributed by atoms with E-state index in [0.29, 0.717) is 0 Å². The van der Waals surface area contributed by atoms with Crippen molar-refractivity contribution in [1.82, 2.24) is 0 Å². The predicted octanol–water partition coefficient (Wildman–Crippen LogP) is 5.79. The Hall–Kier alpha value is 0.480. The molecule has 0 aliphatic heterocycles. The lowest BCUT2D eigenvalue weighted by Crippen LogP contribution is -2.08. The first kappa shape index (κ1) is 15.5. The Morgan fingerprint density at radius 2 is 1.53 bits per heavy atom. The molecule has 0 bridgehead atoms. The van der Waals surface area contributed by atoms with Crippen LogP contribution < -0.4 is 0 Å². The Morgan fingerprint density at radius 3 is 2.00 bits per heavy atom. The van der Waals surface area contributed by atoms with Crippen molar-refractivity contribution in [2.24, 2.45) is 11.8 Å². The van der Waals surface area contributed by atoms with Crippen LogP contribution in [0.3, 0.4) is 0 Å². The molecule has 0 aromatic heterocycles. The molecule has 0 radical (unpaired) electrons. The largest absolute Gasteiger partial charge is 0.0888 e. The van der Waals surface area contributed by atoms with E-state index in [1.165, 1.54) is 44.9 Å². The molecule has 0 N–H and O–H groups in total. The molecule has 0 spiro atoms. The van der Waals surface area contributed by atoms with E-state index in [4.69, 9.17) is 0 Å². The summed E-state index contributed by atoms with van der Waals surface area (Å²) in [6.07, 6.45) is 9.77. The number of rotatable bonds is 9. The zero-order valence-corrected chi connectivity index (χ0v) is 12.6. The standard InChI is InChI=1S/C14H29Br/c1-5-7-9-13(6-2)10-8-11-14(15)12(3)4/h12-14H,5-11H2,1-4H3. The summed E-state index contributed by atoms with van der Waals surface area (Å²) in [7, 11) is 0. The molecule has 0 saturated carbocycles. The van der Waals surface area contributed by atoms with E-state index in [-0.39, 0.29) is 0 Å². The van der Waals surface area contributed by atoms with Crippen LogP contribution in [-0.4, -0.2) is 4.83 Å². The van der Waals surface area contributed by atoms with E-state index in [0.717, 1.165) is 16.7 Å². The third-order valence-electron chi connectivity index (χ3n) is 3.36. The molecule has 0 saturated heterocycles. The van der Waals surface area contributed by atoms with E-state index in [9.17, 15) is 0 Å². The molecule has 2 atom stereocenters. The summed E-state index contributed by atoms with van der Waals surface area (Å²) >= 11 is 3.77. The molecule has 15 heavy (non-hydrogen) atoms. The second kappa shape index (κ2) is 9.69. The van der Waals surface area contributed by atoms with Gasteiger partial charge in [-0.15, -0.1) is 0 Å². The maximum atomic E-state index is 3.77. The zero-order chi connectivity index (χ0) is 11.7. The van der Waals surface area contributed by atoms with Crippen LogP contribution in [-0.2, 0) is 0 Å². The molecule has 0 aliphatic rings.